The van der Waals surface area contributed by atoms with Gasteiger partial charge in [-0.3, -0.25) is 9.59 Å². The number of carbonyl (C=O) groups excluding carboxylic acids is 2. The smallest absolute Gasteiger partial charge is 0.277 e. The van der Waals surface area contributed by atoms with E-state index < -0.39 is 0 Å². The maximum absolute atomic E-state index is 13.0. The highest BCUT2D eigenvalue weighted by Crippen LogP contribution is 2.26. The van der Waals surface area contributed by atoms with E-state index in [1.165, 1.54) is 0 Å². The molecule has 1 aromatic carbocycles. The zero-order valence-electron chi connectivity index (χ0n) is 16.6. The molecule has 2 aliphatic heterocycles. The third-order valence-corrected chi connectivity index (χ3v) is 5.72. The fourth-order valence-corrected chi connectivity index (χ4v) is 4.28. The van der Waals surface area contributed by atoms with Gasteiger partial charge in [0.2, 0.25) is 0 Å². The van der Waals surface area contributed by atoms with E-state index in [9.17, 15) is 9.59 Å². The molecule has 29 heavy (non-hydrogen) atoms. The molecule has 3 heterocycles. The van der Waals surface area contributed by atoms with Crippen molar-refractivity contribution in [2.24, 2.45) is 5.92 Å². The van der Waals surface area contributed by atoms with E-state index in [4.69, 9.17) is 11.6 Å². The van der Waals surface area contributed by atoms with E-state index in [0.717, 1.165) is 12.1 Å². The number of aromatic nitrogens is 3. The van der Waals surface area contributed by atoms with E-state index in [1.807, 2.05) is 24.3 Å². The first-order chi connectivity index (χ1) is 13.9. The van der Waals surface area contributed by atoms with Crippen molar-refractivity contribution in [3.63, 3.8) is 0 Å². The van der Waals surface area contributed by atoms with Crippen LogP contribution in [0.4, 0.5) is 5.69 Å². The van der Waals surface area contributed by atoms with Crippen LogP contribution in [0.2, 0.25) is 5.02 Å². The first kappa shape index (κ1) is 19.7. The minimum absolute atomic E-state index is 0.0128. The molecule has 1 aromatic heterocycles. The van der Waals surface area contributed by atoms with Gasteiger partial charge in [0.25, 0.3) is 11.8 Å². The summed E-state index contributed by atoms with van der Waals surface area (Å²) in [6, 6.07) is 7.71. The van der Waals surface area contributed by atoms with Gasteiger partial charge in [-0.05, 0) is 24.5 Å². The molecular formula is C20H25ClN6O2. The topological polar surface area (TPSA) is 83.4 Å². The summed E-state index contributed by atoms with van der Waals surface area (Å²) in [6.45, 7) is 7.17. The minimum atomic E-state index is -0.273. The number of para-hydroxylation sites is 1. The normalized spacial score (nSPS) is 19.3. The maximum Gasteiger partial charge on any atom is 0.277 e. The Kier molecular flexibility index (Phi) is 5.45. The predicted octanol–water partition coefficient (Wildman–Crippen LogP) is 2.05. The summed E-state index contributed by atoms with van der Waals surface area (Å²) in [4.78, 5) is 29.5. The average molecular weight is 417 g/mol. The van der Waals surface area contributed by atoms with Gasteiger partial charge in [0.05, 0.1) is 17.3 Å². The highest BCUT2D eigenvalue weighted by Gasteiger charge is 2.34. The SMILES string of the molecule is CC(C)CC1Cn2nnc(C(=O)N3CCN(c4ccccc4Cl)CC3)c2C(=O)N1. The summed E-state index contributed by atoms with van der Waals surface area (Å²) in [7, 11) is 0. The lowest BCUT2D eigenvalue weighted by Crippen LogP contribution is -2.50. The van der Waals surface area contributed by atoms with Crippen molar-refractivity contribution in [2.75, 3.05) is 31.1 Å². The standard InChI is InChI=1S/C20H25ClN6O2/c1-13(2)11-14-12-27-18(19(28)22-14)17(23-24-27)20(29)26-9-7-25(8-10-26)16-6-4-3-5-15(16)21/h3-6,13-14H,7-12H2,1-2H3,(H,22,28). The van der Waals surface area contributed by atoms with Crippen molar-refractivity contribution in [3.05, 3.63) is 40.7 Å². The molecule has 0 radical (unpaired) electrons. The van der Waals surface area contributed by atoms with Crippen molar-refractivity contribution in [1.29, 1.82) is 0 Å². The summed E-state index contributed by atoms with van der Waals surface area (Å²) in [5.74, 6) is -0.0617. The fourth-order valence-electron chi connectivity index (χ4n) is 4.03. The van der Waals surface area contributed by atoms with Gasteiger partial charge in [-0.2, -0.15) is 0 Å². The summed E-state index contributed by atoms with van der Waals surface area (Å²) in [5.41, 5.74) is 1.37. The number of nitrogens with zero attached hydrogens (tertiary/aromatic N) is 5. The Balaban J connectivity index is 1.45. The van der Waals surface area contributed by atoms with Gasteiger partial charge in [-0.25, -0.2) is 4.68 Å². The maximum atomic E-state index is 13.0. The van der Waals surface area contributed by atoms with Crippen molar-refractivity contribution in [3.8, 4) is 0 Å². The average Bonchev–Trinajstić information content (AvgIpc) is 3.12. The zero-order valence-corrected chi connectivity index (χ0v) is 17.4. The van der Waals surface area contributed by atoms with Gasteiger partial charge in [-0.1, -0.05) is 42.8 Å². The molecule has 8 nitrogen and oxygen atoms in total. The molecule has 1 unspecified atom stereocenters. The second-order valence-electron chi connectivity index (χ2n) is 8.00. The zero-order chi connectivity index (χ0) is 20.5. The Labute approximate surface area is 174 Å². The summed E-state index contributed by atoms with van der Waals surface area (Å²) < 4.78 is 1.57. The first-order valence-electron chi connectivity index (χ1n) is 9.97. The van der Waals surface area contributed by atoms with Crippen LogP contribution in [-0.4, -0.2) is 63.9 Å². The molecule has 1 fully saturated rings. The van der Waals surface area contributed by atoms with Gasteiger partial charge >= 0.3 is 0 Å². The number of nitrogens with one attached hydrogen (secondary N) is 1. The molecule has 0 bridgehead atoms. The highest BCUT2D eigenvalue weighted by molar-refractivity contribution is 6.33. The molecule has 9 heteroatoms. The Bertz CT molecular complexity index is 919. The molecule has 0 spiro atoms. The van der Waals surface area contributed by atoms with Gasteiger partial charge < -0.3 is 15.1 Å². The minimum Gasteiger partial charge on any atom is -0.367 e. The molecule has 2 aliphatic rings. The third kappa shape index (κ3) is 3.94. The number of carbonyl (C=O) groups is 2. The fraction of sp³-hybridized carbons (Fsp3) is 0.500. The number of hydrogen-bond acceptors (Lipinski definition) is 5. The summed E-state index contributed by atoms with van der Waals surface area (Å²) in [5, 5.41) is 11.8. The number of halogens is 1. The van der Waals surface area contributed by atoms with Crippen LogP contribution < -0.4 is 10.2 Å². The lowest BCUT2D eigenvalue weighted by molar-refractivity contribution is 0.0730. The van der Waals surface area contributed by atoms with E-state index in [0.29, 0.717) is 43.7 Å². The van der Waals surface area contributed by atoms with Gasteiger partial charge in [0, 0.05) is 32.2 Å². The van der Waals surface area contributed by atoms with Crippen LogP contribution >= 0.6 is 11.6 Å². The van der Waals surface area contributed by atoms with E-state index in [1.54, 1.807) is 9.58 Å². The van der Waals surface area contributed by atoms with Crippen molar-refractivity contribution < 1.29 is 9.59 Å². The molecule has 1 N–H and O–H groups in total. The van der Waals surface area contributed by atoms with Crippen LogP contribution in [-0.2, 0) is 6.54 Å². The first-order valence-corrected chi connectivity index (χ1v) is 10.3. The Morgan fingerprint density at radius 2 is 1.97 bits per heavy atom. The van der Waals surface area contributed by atoms with E-state index >= 15 is 0 Å². The van der Waals surface area contributed by atoms with Crippen molar-refractivity contribution >= 4 is 29.1 Å². The van der Waals surface area contributed by atoms with E-state index in [-0.39, 0.29) is 29.2 Å². The van der Waals surface area contributed by atoms with Crippen LogP contribution in [0.5, 0.6) is 0 Å². The molecule has 154 valence electrons. The number of anilines is 1. The molecule has 0 aliphatic carbocycles. The van der Waals surface area contributed by atoms with Crippen LogP contribution in [0.25, 0.3) is 0 Å². The molecule has 1 saturated heterocycles. The second-order valence-corrected chi connectivity index (χ2v) is 8.41. The van der Waals surface area contributed by atoms with Crippen LogP contribution in [0.3, 0.4) is 0 Å². The summed E-state index contributed by atoms with van der Waals surface area (Å²) in [6.07, 6.45) is 0.859. The Morgan fingerprint density at radius 1 is 1.24 bits per heavy atom. The largest absolute Gasteiger partial charge is 0.367 e. The van der Waals surface area contributed by atoms with Crippen molar-refractivity contribution in [1.82, 2.24) is 25.2 Å². The number of piperazine rings is 1. The molecule has 4 rings (SSSR count). The lowest BCUT2D eigenvalue weighted by Gasteiger charge is -2.36. The molecule has 1 atom stereocenters. The van der Waals surface area contributed by atoms with Gasteiger partial charge in [0.1, 0.15) is 0 Å². The van der Waals surface area contributed by atoms with Crippen LogP contribution in [0, 0.1) is 5.92 Å². The molecule has 2 aromatic rings. The Morgan fingerprint density at radius 3 is 2.66 bits per heavy atom. The van der Waals surface area contributed by atoms with E-state index in [2.05, 4.69) is 34.4 Å². The second kappa shape index (κ2) is 8.02. The summed E-state index contributed by atoms with van der Waals surface area (Å²) >= 11 is 6.29. The monoisotopic (exact) mass is 416 g/mol. The third-order valence-electron chi connectivity index (χ3n) is 5.40. The Hall–Kier alpha value is -2.61. The van der Waals surface area contributed by atoms with Crippen LogP contribution in [0.1, 0.15) is 41.2 Å². The number of rotatable bonds is 4. The van der Waals surface area contributed by atoms with Gasteiger partial charge in [0.15, 0.2) is 11.4 Å². The number of hydrogen-bond donors (Lipinski definition) is 1. The lowest BCUT2D eigenvalue weighted by atomic mass is 10.0. The number of amides is 2. The molecule has 0 saturated carbocycles. The quantitative estimate of drug-likeness (QED) is 0.824. The molecular weight excluding hydrogens is 392 g/mol. The number of fused-ring (bicyclic) bond motifs is 1. The predicted molar refractivity (Wildman–Crippen MR) is 110 cm³/mol. The highest BCUT2D eigenvalue weighted by atomic mass is 35.5. The number of benzene rings is 1. The van der Waals surface area contributed by atoms with Crippen LogP contribution in [0.15, 0.2) is 24.3 Å². The van der Waals surface area contributed by atoms with Gasteiger partial charge in [-0.15, -0.1) is 5.10 Å². The molecule has 2 amide bonds. The van der Waals surface area contributed by atoms with Crippen molar-refractivity contribution in [2.45, 2.75) is 32.9 Å².